The highest BCUT2D eigenvalue weighted by molar-refractivity contribution is 5.39. The van der Waals surface area contributed by atoms with Crippen molar-refractivity contribution in [1.82, 2.24) is 0 Å². The van der Waals surface area contributed by atoms with Crippen molar-refractivity contribution < 1.29 is 20.3 Å². The van der Waals surface area contributed by atoms with Gasteiger partial charge in [-0.05, 0) is 11.8 Å². The van der Waals surface area contributed by atoms with Crippen molar-refractivity contribution in [2.45, 2.75) is 11.6 Å². The van der Waals surface area contributed by atoms with Crippen LogP contribution in [0.15, 0.2) is 0 Å². The molecule has 0 aromatic heterocycles. The molecule has 4 saturated carbocycles. The topological polar surface area (TPSA) is 36.9 Å². The van der Waals surface area contributed by atoms with Gasteiger partial charge in [0, 0.05) is 13.2 Å². The van der Waals surface area contributed by atoms with E-state index < -0.39 is 11.6 Å². The molecule has 2 saturated heterocycles. The van der Waals surface area contributed by atoms with E-state index >= 15 is 0 Å². The molecule has 0 aromatic rings. The molecule has 2 bridgehead atoms. The minimum atomic E-state index is -0.736. The summed E-state index contributed by atoms with van der Waals surface area (Å²) in [5.41, 5.74) is 0. The molecule has 0 amide bonds. The molecule has 6 aliphatic rings. The summed E-state index contributed by atoms with van der Waals surface area (Å²) in [6, 6.07) is 0. The van der Waals surface area contributed by atoms with Crippen LogP contribution in [0.3, 0.4) is 0 Å². The van der Waals surface area contributed by atoms with Gasteiger partial charge in [-0.3, -0.25) is 0 Å². The lowest BCUT2D eigenvalue weighted by atomic mass is 10.1. The van der Waals surface area contributed by atoms with Crippen LogP contribution in [-0.4, -0.2) is 38.0 Å². The van der Waals surface area contributed by atoms with Crippen LogP contribution in [0.2, 0.25) is 0 Å². The second-order valence-corrected chi connectivity index (χ2v) is 4.71. The average Bonchev–Trinajstić information content (AvgIpc) is 2.84. The highest BCUT2D eigenvalue weighted by Crippen LogP contribution is 2.90. The standard InChI is InChI=1S/C10H12O4/c1-2-12-9(11-1)7-5-6(7)8(5)10(9)13-3-4-14-10/h5-8H,1-4H2/t5?,6?,7-,8+/i5D. The first-order valence-electron chi connectivity index (χ1n) is 5.83. The molecular formula is C10H12O4. The van der Waals surface area contributed by atoms with E-state index in [4.69, 9.17) is 20.3 Å². The summed E-state index contributed by atoms with van der Waals surface area (Å²) in [6.07, 6.45) is 0. The number of hydrogen-bond acceptors (Lipinski definition) is 4. The average molecular weight is 197 g/mol. The normalized spacial score (nSPS) is 64.6. The minimum absolute atomic E-state index is 0.190. The zero-order valence-corrected chi connectivity index (χ0v) is 7.69. The van der Waals surface area contributed by atoms with E-state index in [9.17, 15) is 0 Å². The molecule has 4 aliphatic carbocycles. The van der Waals surface area contributed by atoms with Crippen molar-refractivity contribution >= 4 is 0 Å². The molecule has 2 spiro atoms. The van der Waals surface area contributed by atoms with Crippen molar-refractivity contribution in [2.75, 3.05) is 26.4 Å². The predicted octanol–water partition coefficient (Wildman–Crippen LogP) is -0.0218. The van der Waals surface area contributed by atoms with Crippen molar-refractivity contribution in [3.8, 4) is 0 Å². The number of hydrogen-bond donors (Lipinski definition) is 0. The monoisotopic (exact) mass is 197 g/mol. The van der Waals surface area contributed by atoms with Crippen LogP contribution in [0, 0.1) is 23.6 Å². The van der Waals surface area contributed by atoms with E-state index in [0.29, 0.717) is 32.3 Å². The fourth-order valence-corrected chi connectivity index (χ4v) is 3.84. The summed E-state index contributed by atoms with van der Waals surface area (Å²) in [7, 11) is 0. The van der Waals surface area contributed by atoms with Gasteiger partial charge in [0.1, 0.15) is 0 Å². The summed E-state index contributed by atoms with van der Waals surface area (Å²) >= 11 is 0. The van der Waals surface area contributed by atoms with Gasteiger partial charge in [-0.2, -0.15) is 0 Å². The quantitative estimate of drug-likeness (QED) is 0.547. The Morgan fingerprint density at radius 1 is 0.857 bits per heavy atom. The molecule has 14 heavy (non-hydrogen) atoms. The van der Waals surface area contributed by atoms with Crippen LogP contribution >= 0.6 is 0 Å². The van der Waals surface area contributed by atoms with Gasteiger partial charge < -0.3 is 18.9 Å². The molecule has 0 radical (unpaired) electrons. The van der Waals surface area contributed by atoms with Gasteiger partial charge in [-0.1, -0.05) is 0 Å². The van der Waals surface area contributed by atoms with Crippen LogP contribution in [-0.2, 0) is 18.9 Å². The maximum absolute atomic E-state index is 8.26. The van der Waals surface area contributed by atoms with Crippen molar-refractivity contribution in [3.05, 3.63) is 0 Å². The molecule has 4 nitrogen and oxygen atoms in total. The van der Waals surface area contributed by atoms with E-state index in [1.165, 1.54) is 0 Å². The van der Waals surface area contributed by atoms with E-state index in [1.807, 2.05) is 0 Å². The van der Waals surface area contributed by atoms with Gasteiger partial charge in [-0.15, -0.1) is 0 Å². The molecule has 2 heterocycles. The Bertz CT molecular complexity index is 328. The third-order valence-electron chi connectivity index (χ3n) is 4.34. The zero-order chi connectivity index (χ0) is 9.89. The van der Waals surface area contributed by atoms with Crippen LogP contribution < -0.4 is 0 Å². The van der Waals surface area contributed by atoms with E-state index in [1.54, 1.807) is 0 Å². The van der Waals surface area contributed by atoms with E-state index in [2.05, 4.69) is 0 Å². The Balaban J connectivity index is 1.70. The van der Waals surface area contributed by atoms with Crippen molar-refractivity contribution in [1.29, 1.82) is 0 Å². The Kier molecular flexibility index (Phi) is 0.815. The third-order valence-corrected chi connectivity index (χ3v) is 4.34. The summed E-state index contributed by atoms with van der Waals surface area (Å²) in [5.74, 6) is -1.05. The van der Waals surface area contributed by atoms with E-state index in [0.717, 1.165) is 0 Å². The molecule has 4 heteroatoms. The highest BCUT2D eigenvalue weighted by atomic mass is 16.8. The van der Waals surface area contributed by atoms with Gasteiger partial charge in [0.25, 0.3) is 0 Å². The summed E-state index contributed by atoms with van der Waals surface area (Å²) < 4.78 is 31.4. The second kappa shape index (κ2) is 1.78. The minimum Gasteiger partial charge on any atom is -0.343 e. The van der Waals surface area contributed by atoms with Gasteiger partial charge >= 0.3 is 0 Å². The third kappa shape index (κ3) is 0.463. The molecular weight excluding hydrogens is 184 g/mol. The van der Waals surface area contributed by atoms with Gasteiger partial charge in [-0.25, -0.2) is 0 Å². The van der Waals surface area contributed by atoms with Gasteiger partial charge in [0.05, 0.1) is 26.4 Å². The fraction of sp³-hybridized carbons (Fsp3) is 1.00. The lowest BCUT2D eigenvalue weighted by Crippen LogP contribution is -2.53. The molecule has 4 atom stereocenters. The lowest BCUT2D eigenvalue weighted by Gasteiger charge is -2.35. The lowest BCUT2D eigenvalue weighted by molar-refractivity contribution is -0.333. The Hall–Kier alpha value is -0.160. The summed E-state index contributed by atoms with van der Waals surface area (Å²) in [4.78, 5) is 0. The number of rotatable bonds is 0. The van der Waals surface area contributed by atoms with Crippen LogP contribution in [0.25, 0.3) is 0 Å². The van der Waals surface area contributed by atoms with E-state index in [-0.39, 0.29) is 17.7 Å². The Morgan fingerprint density at radius 3 is 1.57 bits per heavy atom. The number of ether oxygens (including phenoxy) is 4. The Labute approximate surface area is 82.9 Å². The largest absolute Gasteiger partial charge is 0.343 e. The molecule has 6 fully saturated rings. The Morgan fingerprint density at radius 2 is 1.21 bits per heavy atom. The van der Waals surface area contributed by atoms with Crippen LogP contribution in [0.1, 0.15) is 1.37 Å². The fourth-order valence-electron chi connectivity index (χ4n) is 3.84. The molecule has 76 valence electrons. The predicted molar refractivity (Wildman–Crippen MR) is 43.2 cm³/mol. The smallest absolute Gasteiger partial charge is 0.227 e. The summed E-state index contributed by atoms with van der Waals surface area (Å²) in [5, 5.41) is 0. The SMILES string of the molecule is [2H]C12C3[C@H]1C1(OCCO1)C1(OCCO1)[C@@H]32. The second-order valence-electron chi connectivity index (χ2n) is 4.71. The molecule has 6 rings (SSSR count). The maximum Gasteiger partial charge on any atom is 0.227 e. The van der Waals surface area contributed by atoms with Gasteiger partial charge in [0.15, 0.2) is 0 Å². The van der Waals surface area contributed by atoms with Gasteiger partial charge in [0.2, 0.25) is 11.6 Å². The van der Waals surface area contributed by atoms with Crippen molar-refractivity contribution in [2.24, 2.45) is 23.6 Å². The molecule has 0 N–H and O–H groups in total. The molecule has 2 unspecified atom stereocenters. The van der Waals surface area contributed by atoms with Crippen LogP contribution in [0.4, 0.5) is 0 Å². The van der Waals surface area contributed by atoms with Crippen LogP contribution in [0.5, 0.6) is 0 Å². The first-order chi connectivity index (χ1) is 7.27. The first-order valence-corrected chi connectivity index (χ1v) is 5.33. The highest BCUT2D eigenvalue weighted by Gasteiger charge is 2.99. The zero-order valence-electron chi connectivity index (χ0n) is 8.69. The molecule has 2 aliphatic heterocycles. The van der Waals surface area contributed by atoms with Crippen molar-refractivity contribution in [3.63, 3.8) is 0 Å². The summed E-state index contributed by atoms with van der Waals surface area (Å²) in [6.45, 7) is 2.39. The maximum atomic E-state index is 8.26. The molecule has 0 aromatic carbocycles. The first kappa shape index (κ1) is 6.43.